The third kappa shape index (κ3) is 6.14. The first-order chi connectivity index (χ1) is 12.1. The predicted molar refractivity (Wildman–Crippen MR) is 105 cm³/mol. The molecule has 0 saturated heterocycles. The van der Waals surface area contributed by atoms with Crippen LogP contribution in [0.25, 0.3) is 0 Å². The zero-order valence-electron chi connectivity index (χ0n) is 16.1. The van der Waals surface area contributed by atoms with Crippen molar-refractivity contribution in [1.82, 2.24) is 4.31 Å². The van der Waals surface area contributed by atoms with Crippen LogP contribution in [0.3, 0.4) is 0 Å². The third-order valence-electron chi connectivity index (χ3n) is 3.80. The number of hydrogen-bond acceptors (Lipinski definition) is 5. The van der Waals surface area contributed by atoms with Gasteiger partial charge in [-0.15, -0.1) is 0 Å². The van der Waals surface area contributed by atoms with Gasteiger partial charge < -0.3 is 4.74 Å². The molecule has 0 unspecified atom stereocenters. The summed E-state index contributed by atoms with van der Waals surface area (Å²) in [5, 5.41) is 0. The Balaban J connectivity index is 3.27. The molecule has 0 spiro atoms. The first-order valence-electron chi connectivity index (χ1n) is 8.84. The summed E-state index contributed by atoms with van der Waals surface area (Å²) >= 11 is 0. The highest BCUT2D eigenvalue weighted by Gasteiger charge is 2.26. The van der Waals surface area contributed by atoms with Crippen LogP contribution in [-0.2, 0) is 20.0 Å². The lowest BCUT2D eigenvalue weighted by molar-refractivity contribution is 0.329. The van der Waals surface area contributed by atoms with Crippen molar-refractivity contribution in [2.24, 2.45) is 5.92 Å². The molecule has 0 saturated carbocycles. The van der Waals surface area contributed by atoms with E-state index in [0.29, 0.717) is 26.1 Å². The van der Waals surface area contributed by atoms with Crippen LogP contribution in [0.1, 0.15) is 41.0 Å². The zero-order chi connectivity index (χ0) is 20.0. The normalized spacial score (nSPS) is 12.6. The fraction of sp³-hybridized carbons (Fsp3) is 0.647. The van der Waals surface area contributed by atoms with Crippen LogP contribution in [0.15, 0.2) is 23.1 Å². The van der Waals surface area contributed by atoms with E-state index >= 15 is 0 Å². The van der Waals surface area contributed by atoms with Crippen molar-refractivity contribution in [1.29, 1.82) is 0 Å². The van der Waals surface area contributed by atoms with Crippen LogP contribution in [0.4, 0.5) is 5.69 Å². The molecule has 0 aromatic heterocycles. The van der Waals surface area contributed by atoms with Crippen LogP contribution in [-0.4, -0.2) is 46.6 Å². The average molecular weight is 407 g/mol. The molecule has 1 aromatic carbocycles. The number of nitrogens with one attached hydrogen (secondary N) is 1. The van der Waals surface area contributed by atoms with Gasteiger partial charge >= 0.3 is 0 Å². The maximum atomic E-state index is 12.9. The van der Waals surface area contributed by atoms with E-state index in [1.807, 2.05) is 13.8 Å². The molecule has 26 heavy (non-hydrogen) atoms. The number of ether oxygens (including phenoxy) is 1. The number of sulfonamides is 2. The summed E-state index contributed by atoms with van der Waals surface area (Å²) in [7, 11) is -7.33. The highest BCUT2D eigenvalue weighted by atomic mass is 32.2. The Labute approximate surface area is 157 Å². The van der Waals surface area contributed by atoms with Gasteiger partial charge in [-0.2, -0.15) is 4.31 Å². The second-order valence-corrected chi connectivity index (χ2v) is 10.0. The Morgan fingerprint density at radius 1 is 1.08 bits per heavy atom. The van der Waals surface area contributed by atoms with Gasteiger partial charge in [0.1, 0.15) is 10.6 Å². The SMILES string of the molecule is CCOc1ccc(NS(=O)(=O)CCC(C)C)cc1S(=O)(=O)N(CC)CC. The smallest absolute Gasteiger partial charge is 0.246 e. The Kier molecular flexibility index (Phi) is 8.36. The molecule has 0 aliphatic rings. The molecule has 0 fully saturated rings. The van der Waals surface area contributed by atoms with E-state index < -0.39 is 20.0 Å². The standard InChI is InChI=1S/C17H30N2O5S2/c1-6-19(7-2)26(22,23)17-13-15(9-10-16(17)24-8-3)18-25(20,21)12-11-14(4)5/h9-10,13-14,18H,6-8,11-12H2,1-5H3. The summed E-state index contributed by atoms with van der Waals surface area (Å²) in [6.07, 6.45) is 0.525. The fourth-order valence-corrected chi connectivity index (χ4v) is 5.36. The number of rotatable bonds is 11. The summed E-state index contributed by atoms with van der Waals surface area (Å²) in [6, 6.07) is 4.32. The van der Waals surface area contributed by atoms with Crippen molar-refractivity contribution in [3.05, 3.63) is 18.2 Å². The number of anilines is 1. The molecule has 0 amide bonds. The Hall–Kier alpha value is -1.32. The van der Waals surface area contributed by atoms with E-state index in [-0.39, 0.29) is 28.0 Å². The molecule has 1 aromatic rings. The highest BCUT2D eigenvalue weighted by molar-refractivity contribution is 7.92. The van der Waals surface area contributed by atoms with Gasteiger partial charge in [-0.25, -0.2) is 16.8 Å². The third-order valence-corrected chi connectivity index (χ3v) is 7.20. The average Bonchev–Trinajstić information content (AvgIpc) is 2.55. The van der Waals surface area contributed by atoms with Crippen LogP contribution in [0, 0.1) is 5.92 Å². The summed E-state index contributed by atoms with van der Waals surface area (Å²) < 4.78 is 59.4. The molecule has 150 valence electrons. The first kappa shape index (κ1) is 22.7. The van der Waals surface area contributed by atoms with Gasteiger partial charge in [0, 0.05) is 13.1 Å². The van der Waals surface area contributed by atoms with Crippen LogP contribution in [0.5, 0.6) is 5.75 Å². The largest absolute Gasteiger partial charge is 0.492 e. The van der Waals surface area contributed by atoms with Gasteiger partial charge in [0.2, 0.25) is 20.0 Å². The molecule has 0 aliphatic heterocycles. The lowest BCUT2D eigenvalue weighted by Gasteiger charge is -2.21. The molecule has 0 radical (unpaired) electrons. The van der Waals surface area contributed by atoms with Gasteiger partial charge in [0.15, 0.2) is 0 Å². The summed E-state index contributed by atoms with van der Waals surface area (Å²) in [5.74, 6) is 0.450. The van der Waals surface area contributed by atoms with E-state index in [1.54, 1.807) is 20.8 Å². The highest BCUT2D eigenvalue weighted by Crippen LogP contribution is 2.30. The second-order valence-electron chi connectivity index (χ2n) is 6.29. The van der Waals surface area contributed by atoms with Gasteiger partial charge in [-0.05, 0) is 37.5 Å². The summed E-state index contributed by atoms with van der Waals surface area (Å²) in [4.78, 5) is -0.0351. The lowest BCUT2D eigenvalue weighted by Crippen LogP contribution is -2.31. The molecule has 0 atom stereocenters. The predicted octanol–water partition coefficient (Wildman–Crippen LogP) is 2.90. The lowest BCUT2D eigenvalue weighted by atomic mass is 10.2. The molecule has 1 N–H and O–H groups in total. The molecule has 7 nitrogen and oxygen atoms in total. The van der Waals surface area contributed by atoms with Crippen LogP contribution < -0.4 is 9.46 Å². The van der Waals surface area contributed by atoms with Crippen molar-refractivity contribution in [3.8, 4) is 5.75 Å². The van der Waals surface area contributed by atoms with Crippen molar-refractivity contribution in [2.75, 3.05) is 30.2 Å². The first-order valence-corrected chi connectivity index (χ1v) is 11.9. The van der Waals surface area contributed by atoms with Crippen molar-refractivity contribution in [2.45, 2.75) is 45.9 Å². The Morgan fingerprint density at radius 2 is 1.69 bits per heavy atom. The summed E-state index contributed by atoms with van der Waals surface area (Å²) in [6.45, 7) is 10.1. The maximum Gasteiger partial charge on any atom is 0.246 e. The summed E-state index contributed by atoms with van der Waals surface area (Å²) in [5.41, 5.74) is 0.211. The molecule has 0 heterocycles. The molecule has 9 heteroatoms. The topological polar surface area (TPSA) is 92.8 Å². The van der Waals surface area contributed by atoms with Crippen molar-refractivity contribution < 1.29 is 21.6 Å². The molecular weight excluding hydrogens is 376 g/mol. The molecule has 1 rings (SSSR count). The van der Waals surface area contributed by atoms with Gasteiger partial charge in [-0.1, -0.05) is 27.7 Å². The van der Waals surface area contributed by atoms with E-state index in [0.717, 1.165) is 0 Å². The van der Waals surface area contributed by atoms with E-state index in [1.165, 1.54) is 22.5 Å². The zero-order valence-corrected chi connectivity index (χ0v) is 17.8. The fourth-order valence-electron chi connectivity index (χ4n) is 2.37. The Bertz CT molecular complexity index is 785. The Morgan fingerprint density at radius 3 is 2.19 bits per heavy atom. The monoisotopic (exact) mass is 406 g/mol. The van der Waals surface area contributed by atoms with E-state index in [2.05, 4.69) is 4.72 Å². The minimum absolute atomic E-state index is 0.0179. The van der Waals surface area contributed by atoms with Gasteiger partial charge in [0.05, 0.1) is 18.0 Å². The number of nitrogens with zero attached hydrogens (tertiary/aromatic N) is 1. The minimum atomic E-state index is -3.78. The van der Waals surface area contributed by atoms with Crippen molar-refractivity contribution in [3.63, 3.8) is 0 Å². The van der Waals surface area contributed by atoms with E-state index in [9.17, 15) is 16.8 Å². The van der Waals surface area contributed by atoms with Crippen LogP contribution >= 0.6 is 0 Å². The van der Waals surface area contributed by atoms with Crippen molar-refractivity contribution >= 4 is 25.7 Å². The van der Waals surface area contributed by atoms with Gasteiger partial charge in [0.25, 0.3) is 0 Å². The minimum Gasteiger partial charge on any atom is -0.492 e. The molecule has 0 bridgehead atoms. The number of hydrogen-bond donors (Lipinski definition) is 1. The van der Waals surface area contributed by atoms with E-state index in [4.69, 9.17) is 4.74 Å². The maximum absolute atomic E-state index is 12.9. The van der Waals surface area contributed by atoms with Gasteiger partial charge in [-0.3, -0.25) is 4.72 Å². The molecular formula is C17H30N2O5S2. The molecule has 0 aliphatic carbocycles. The van der Waals surface area contributed by atoms with Crippen LogP contribution in [0.2, 0.25) is 0 Å². The quantitative estimate of drug-likeness (QED) is 0.610. The second kappa shape index (κ2) is 9.57. The number of benzene rings is 1.